The van der Waals surface area contributed by atoms with E-state index in [9.17, 15) is 30.4 Å². The van der Waals surface area contributed by atoms with Gasteiger partial charge in [0.15, 0.2) is 0 Å². The molecule has 0 spiro atoms. The molecule has 0 saturated carbocycles. The second-order valence-corrected chi connectivity index (χ2v) is 5.14. The highest BCUT2D eigenvalue weighted by atomic mass is 32.2. The predicted octanol–water partition coefficient (Wildman–Crippen LogP) is 1.27. The summed E-state index contributed by atoms with van der Waals surface area (Å²) in [5.41, 5.74) is 0.127. The Balaban J connectivity index is 3.19. The minimum Gasteiger partial charge on any atom is -0.473 e. The van der Waals surface area contributed by atoms with Crippen molar-refractivity contribution in [3.05, 3.63) is 24.3 Å². The minimum atomic E-state index is -6.32. The van der Waals surface area contributed by atoms with Crippen molar-refractivity contribution in [2.24, 2.45) is 0 Å². The van der Waals surface area contributed by atoms with Crippen molar-refractivity contribution in [2.75, 3.05) is 0 Å². The molecule has 20 heavy (non-hydrogen) atoms. The molecule has 1 atom stereocenters. The first kappa shape index (κ1) is 16.7. The molecule has 0 aliphatic rings. The molecule has 0 fully saturated rings. The lowest BCUT2D eigenvalue weighted by atomic mass is 9.97. The largest absolute Gasteiger partial charge is 0.473 e. The lowest BCUT2D eigenvalue weighted by Gasteiger charge is -2.26. The van der Waals surface area contributed by atoms with Crippen molar-refractivity contribution in [2.45, 2.75) is 17.5 Å². The van der Waals surface area contributed by atoms with Crippen LogP contribution in [-0.2, 0) is 10.1 Å². The average Bonchev–Trinajstić information content (AvgIpc) is 2.24. The van der Waals surface area contributed by atoms with Gasteiger partial charge in [0.25, 0.3) is 6.10 Å². The third kappa shape index (κ3) is 3.60. The van der Waals surface area contributed by atoms with Crippen LogP contribution in [0.5, 0.6) is 5.75 Å². The molecule has 0 amide bonds. The van der Waals surface area contributed by atoms with E-state index in [4.69, 9.17) is 12.4 Å². The van der Waals surface area contributed by atoms with Crippen LogP contribution in [-0.4, -0.2) is 38.4 Å². The molecule has 110 valence electrons. The Morgan fingerprint density at radius 2 is 1.55 bits per heavy atom. The van der Waals surface area contributed by atoms with E-state index in [1.807, 2.05) is 0 Å². The second kappa shape index (κ2) is 5.21. The topological polar surface area (TPSA) is 63.6 Å². The Kier molecular flexibility index (Phi) is 4.35. The van der Waals surface area contributed by atoms with E-state index in [0.717, 1.165) is 24.3 Å². The minimum absolute atomic E-state index is 0.127. The Labute approximate surface area is 111 Å². The van der Waals surface area contributed by atoms with Crippen LogP contribution >= 0.6 is 0 Å². The monoisotopic (exact) mass is 316 g/mol. The first-order valence-electron chi connectivity index (χ1n) is 4.79. The van der Waals surface area contributed by atoms with Gasteiger partial charge in [-0.15, -0.1) is 0 Å². The molecule has 0 aliphatic heterocycles. The quantitative estimate of drug-likeness (QED) is 0.516. The third-order valence-electron chi connectivity index (χ3n) is 2.08. The van der Waals surface area contributed by atoms with Crippen molar-refractivity contribution in [3.8, 4) is 5.75 Å². The fraction of sp³-hybridized carbons (Fsp3) is 0.333. The van der Waals surface area contributed by atoms with Gasteiger partial charge in [-0.2, -0.15) is 30.4 Å². The number of ether oxygens (including phenoxy) is 1. The molecule has 0 bridgehead atoms. The van der Waals surface area contributed by atoms with Crippen LogP contribution < -0.4 is 10.2 Å². The normalized spacial score (nSPS) is 14.9. The summed E-state index contributed by atoms with van der Waals surface area (Å²) < 4.78 is 96.8. The number of benzene rings is 1. The van der Waals surface area contributed by atoms with Gasteiger partial charge in [0.05, 0.1) is 0 Å². The molecule has 1 unspecified atom stereocenters. The van der Waals surface area contributed by atoms with Crippen LogP contribution in [0.2, 0.25) is 0 Å². The Bertz CT molecular complexity index is 569. The average molecular weight is 316 g/mol. The number of hydrogen-bond acceptors (Lipinski definition) is 3. The maximum atomic E-state index is 13.1. The lowest BCUT2D eigenvalue weighted by Crippen LogP contribution is -2.53. The van der Waals surface area contributed by atoms with Crippen molar-refractivity contribution >= 4 is 23.4 Å². The van der Waals surface area contributed by atoms with Crippen molar-refractivity contribution in [1.82, 2.24) is 0 Å². The Hall–Kier alpha value is -1.36. The van der Waals surface area contributed by atoms with Crippen molar-refractivity contribution in [1.29, 1.82) is 0 Å². The molecular formula is C9H6BF5O4S. The first-order valence-corrected chi connectivity index (χ1v) is 6.23. The summed E-state index contributed by atoms with van der Waals surface area (Å²) in [5.74, 6) is -0.690. The van der Waals surface area contributed by atoms with Gasteiger partial charge in [0, 0.05) is 0 Å². The molecular weight excluding hydrogens is 310 g/mol. The van der Waals surface area contributed by atoms with E-state index in [1.165, 1.54) is 0 Å². The first-order chi connectivity index (χ1) is 8.85. The fourth-order valence-corrected chi connectivity index (χ4v) is 1.60. The standard InChI is InChI=1S/C9H6BF5O4S/c10-5-1-3-6(4-2-5)19-7(8(11,12)13)9(14,15)20(16,17)18/h1-4,7H,(H,16,17,18). The fourth-order valence-electron chi connectivity index (χ4n) is 1.14. The number of rotatable bonds is 4. The molecule has 0 heterocycles. The van der Waals surface area contributed by atoms with Crippen LogP contribution in [0.15, 0.2) is 24.3 Å². The van der Waals surface area contributed by atoms with Gasteiger partial charge in [-0.3, -0.25) is 4.55 Å². The molecule has 4 nitrogen and oxygen atoms in total. The highest BCUT2D eigenvalue weighted by Gasteiger charge is 2.65. The molecule has 1 N–H and O–H groups in total. The van der Waals surface area contributed by atoms with Gasteiger partial charge in [-0.05, 0) is 12.1 Å². The predicted molar refractivity (Wildman–Crippen MR) is 58.8 cm³/mol. The summed E-state index contributed by atoms with van der Waals surface area (Å²) >= 11 is 0. The zero-order valence-electron chi connectivity index (χ0n) is 9.43. The van der Waals surface area contributed by atoms with Crippen molar-refractivity contribution in [3.63, 3.8) is 0 Å². The van der Waals surface area contributed by atoms with Crippen LogP contribution in [0.3, 0.4) is 0 Å². The molecule has 0 saturated heterocycles. The van der Waals surface area contributed by atoms with E-state index in [2.05, 4.69) is 4.74 Å². The van der Waals surface area contributed by atoms with Gasteiger partial charge < -0.3 is 4.74 Å². The van der Waals surface area contributed by atoms with Crippen LogP contribution in [0.25, 0.3) is 0 Å². The second-order valence-electron chi connectivity index (χ2n) is 3.65. The van der Waals surface area contributed by atoms with E-state index in [1.54, 1.807) is 0 Å². The summed E-state index contributed by atoms with van der Waals surface area (Å²) in [6.45, 7) is 0. The van der Waals surface area contributed by atoms with Gasteiger partial charge >= 0.3 is 21.5 Å². The Morgan fingerprint density at radius 1 is 1.10 bits per heavy atom. The number of halogens is 5. The van der Waals surface area contributed by atoms with E-state index in [0.29, 0.717) is 0 Å². The maximum Gasteiger partial charge on any atom is 0.432 e. The smallest absolute Gasteiger partial charge is 0.432 e. The number of alkyl halides is 5. The zero-order valence-corrected chi connectivity index (χ0v) is 10.3. The molecule has 1 rings (SSSR count). The summed E-state index contributed by atoms with van der Waals surface area (Å²) in [5, 5.41) is -5.56. The molecule has 0 aromatic heterocycles. The lowest BCUT2D eigenvalue weighted by molar-refractivity contribution is -0.239. The van der Waals surface area contributed by atoms with E-state index in [-0.39, 0.29) is 5.46 Å². The molecule has 0 aliphatic carbocycles. The summed E-state index contributed by atoms with van der Waals surface area (Å²) in [6, 6.07) is 3.81. The van der Waals surface area contributed by atoms with E-state index < -0.39 is 33.4 Å². The van der Waals surface area contributed by atoms with Crippen LogP contribution in [0.1, 0.15) is 0 Å². The summed E-state index contributed by atoms with van der Waals surface area (Å²) in [6.07, 6.45) is -9.80. The van der Waals surface area contributed by atoms with E-state index >= 15 is 0 Å². The third-order valence-corrected chi connectivity index (χ3v) is 2.98. The van der Waals surface area contributed by atoms with Gasteiger partial charge in [0.1, 0.15) is 13.6 Å². The van der Waals surface area contributed by atoms with Gasteiger partial charge in [-0.1, -0.05) is 17.6 Å². The highest BCUT2D eigenvalue weighted by Crippen LogP contribution is 2.38. The SMILES string of the molecule is [B]c1ccc(OC(C(F)(F)F)C(F)(F)S(=O)(=O)O)cc1. The molecule has 1 aromatic rings. The van der Waals surface area contributed by atoms with Crippen LogP contribution in [0, 0.1) is 0 Å². The zero-order chi connectivity index (χ0) is 15.8. The highest BCUT2D eigenvalue weighted by molar-refractivity contribution is 7.86. The molecule has 1 aromatic carbocycles. The number of hydrogen-bond donors (Lipinski definition) is 1. The summed E-state index contributed by atoms with van der Waals surface area (Å²) in [4.78, 5) is 0. The van der Waals surface area contributed by atoms with Crippen LogP contribution in [0.4, 0.5) is 22.0 Å². The van der Waals surface area contributed by atoms with Gasteiger partial charge in [-0.25, -0.2) is 0 Å². The van der Waals surface area contributed by atoms with Gasteiger partial charge in [0.2, 0.25) is 0 Å². The van der Waals surface area contributed by atoms with Crippen molar-refractivity contribution < 1.29 is 39.7 Å². The molecule has 2 radical (unpaired) electrons. The maximum absolute atomic E-state index is 13.1. The summed E-state index contributed by atoms with van der Waals surface area (Å²) in [7, 11) is -1.08. The molecule has 11 heteroatoms. The Morgan fingerprint density at radius 3 is 1.90 bits per heavy atom.